The fraction of sp³-hybridized carbons (Fsp3) is 0.450. The molecule has 0 bridgehead atoms. The van der Waals surface area contributed by atoms with Gasteiger partial charge in [0.2, 0.25) is 5.91 Å². The summed E-state index contributed by atoms with van der Waals surface area (Å²) in [5, 5.41) is 2.77. The van der Waals surface area contributed by atoms with Crippen LogP contribution in [0.3, 0.4) is 0 Å². The standard InChI is InChI=1S/C20H26FN3O/c1-4-6-7-15(5-2)12-18-20(23-14(3)25)22-13-19(24-18)16-8-10-17(21)11-9-16/h8-11,13,15H,4-7,12H2,1-3H3,(H,22,23,25). The second-order valence-corrected chi connectivity index (χ2v) is 6.36. The molecule has 1 unspecified atom stereocenters. The quantitative estimate of drug-likeness (QED) is 0.734. The van der Waals surface area contributed by atoms with Crippen LogP contribution in [0, 0.1) is 11.7 Å². The maximum Gasteiger partial charge on any atom is 0.222 e. The second-order valence-electron chi connectivity index (χ2n) is 6.36. The first-order valence-electron chi connectivity index (χ1n) is 8.92. The van der Waals surface area contributed by atoms with Crippen molar-refractivity contribution in [2.75, 3.05) is 5.32 Å². The molecule has 1 atom stereocenters. The number of carbonyl (C=O) groups excluding carboxylic acids is 1. The van der Waals surface area contributed by atoms with Gasteiger partial charge in [0.15, 0.2) is 5.82 Å². The third-order valence-electron chi connectivity index (χ3n) is 4.30. The van der Waals surface area contributed by atoms with Gasteiger partial charge in [-0.3, -0.25) is 4.79 Å². The highest BCUT2D eigenvalue weighted by Gasteiger charge is 2.15. The van der Waals surface area contributed by atoms with Crippen LogP contribution in [0.25, 0.3) is 11.3 Å². The van der Waals surface area contributed by atoms with Crippen molar-refractivity contribution in [2.24, 2.45) is 5.92 Å². The molecule has 0 fully saturated rings. The lowest BCUT2D eigenvalue weighted by Crippen LogP contribution is -2.14. The number of nitrogens with one attached hydrogen (secondary N) is 1. The van der Waals surface area contributed by atoms with E-state index in [1.54, 1.807) is 18.3 Å². The lowest BCUT2D eigenvalue weighted by molar-refractivity contribution is -0.114. The zero-order chi connectivity index (χ0) is 18.2. The largest absolute Gasteiger partial charge is 0.309 e. The molecule has 2 aromatic rings. The summed E-state index contributed by atoms with van der Waals surface area (Å²) in [6.07, 6.45) is 6.93. The smallest absolute Gasteiger partial charge is 0.222 e. The summed E-state index contributed by atoms with van der Waals surface area (Å²) in [7, 11) is 0. The van der Waals surface area contributed by atoms with Gasteiger partial charge >= 0.3 is 0 Å². The summed E-state index contributed by atoms with van der Waals surface area (Å²) in [4.78, 5) is 20.6. The molecule has 1 aromatic carbocycles. The summed E-state index contributed by atoms with van der Waals surface area (Å²) in [6.45, 7) is 5.83. The van der Waals surface area contributed by atoms with Crippen LogP contribution < -0.4 is 5.32 Å². The van der Waals surface area contributed by atoms with Crippen molar-refractivity contribution in [2.45, 2.75) is 52.9 Å². The maximum absolute atomic E-state index is 13.1. The first-order chi connectivity index (χ1) is 12.0. The van der Waals surface area contributed by atoms with Gasteiger partial charge in [-0.2, -0.15) is 0 Å². The lowest BCUT2D eigenvalue weighted by Gasteiger charge is -2.17. The molecule has 25 heavy (non-hydrogen) atoms. The third-order valence-corrected chi connectivity index (χ3v) is 4.30. The summed E-state index contributed by atoms with van der Waals surface area (Å²) in [5.74, 6) is 0.586. The molecule has 0 aliphatic rings. The Hall–Kier alpha value is -2.30. The van der Waals surface area contributed by atoms with Gasteiger partial charge in [-0.1, -0.05) is 39.5 Å². The molecule has 0 aliphatic carbocycles. The maximum atomic E-state index is 13.1. The molecule has 134 valence electrons. The van der Waals surface area contributed by atoms with E-state index in [0.717, 1.165) is 36.9 Å². The normalized spacial score (nSPS) is 12.0. The predicted molar refractivity (Wildman–Crippen MR) is 98.7 cm³/mol. The number of nitrogens with zero attached hydrogens (tertiary/aromatic N) is 2. The van der Waals surface area contributed by atoms with Gasteiger partial charge in [-0.05, 0) is 36.6 Å². The van der Waals surface area contributed by atoms with Crippen LogP contribution >= 0.6 is 0 Å². The van der Waals surface area contributed by atoms with Crippen molar-refractivity contribution in [1.29, 1.82) is 0 Å². The van der Waals surface area contributed by atoms with Crippen molar-refractivity contribution < 1.29 is 9.18 Å². The number of rotatable bonds is 8. The SMILES string of the molecule is CCCCC(CC)Cc1nc(-c2ccc(F)cc2)cnc1NC(C)=O. The van der Waals surface area contributed by atoms with Gasteiger partial charge in [-0.15, -0.1) is 0 Å². The summed E-state index contributed by atoms with van der Waals surface area (Å²) in [6, 6.07) is 6.20. The van der Waals surface area contributed by atoms with Crippen molar-refractivity contribution in [1.82, 2.24) is 9.97 Å². The molecule has 1 heterocycles. The van der Waals surface area contributed by atoms with E-state index in [4.69, 9.17) is 4.98 Å². The summed E-state index contributed by atoms with van der Waals surface area (Å²) >= 11 is 0. The molecule has 2 rings (SSSR count). The summed E-state index contributed by atoms with van der Waals surface area (Å²) < 4.78 is 13.1. The number of halogens is 1. The number of hydrogen-bond donors (Lipinski definition) is 1. The molecule has 5 heteroatoms. The highest BCUT2D eigenvalue weighted by atomic mass is 19.1. The Labute approximate surface area is 148 Å². The van der Waals surface area contributed by atoms with Crippen LogP contribution in [0.5, 0.6) is 0 Å². The number of benzene rings is 1. The minimum atomic E-state index is -0.280. The Bertz CT molecular complexity index is 701. The van der Waals surface area contributed by atoms with E-state index in [1.165, 1.54) is 25.5 Å². The third kappa shape index (κ3) is 5.62. The van der Waals surface area contributed by atoms with E-state index in [0.29, 0.717) is 17.4 Å². The molecular formula is C20H26FN3O. The fourth-order valence-electron chi connectivity index (χ4n) is 2.82. The van der Waals surface area contributed by atoms with Crippen molar-refractivity contribution in [3.05, 3.63) is 42.0 Å². The highest BCUT2D eigenvalue weighted by molar-refractivity contribution is 5.88. The lowest BCUT2D eigenvalue weighted by atomic mass is 9.94. The van der Waals surface area contributed by atoms with Crippen LogP contribution in [-0.4, -0.2) is 15.9 Å². The van der Waals surface area contributed by atoms with E-state index < -0.39 is 0 Å². The minimum absolute atomic E-state index is 0.160. The number of carbonyl (C=O) groups is 1. The van der Waals surface area contributed by atoms with E-state index in [1.807, 2.05) is 0 Å². The van der Waals surface area contributed by atoms with Gasteiger partial charge in [0, 0.05) is 12.5 Å². The summed E-state index contributed by atoms with van der Waals surface area (Å²) in [5.41, 5.74) is 2.29. The van der Waals surface area contributed by atoms with Crippen LogP contribution in [0.15, 0.2) is 30.5 Å². The Balaban J connectivity index is 2.32. The molecule has 1 aromatic heterocycles. The molecular weight excluding hydrogens is 317 g/mol. The van der Waals surface area contributed by atoms with Gasteiger partial charge < -0.3 is 5.32 Å². The van der Waals surface area contributed by atoms with Gasteiger partial charge in [0.1, 0.15) is 5.82 Å². The average molecular weight is 343 g/mol. The molecule has 0 aliphatic heterocycles. The van der Waals surface area contributed by atoms with Gasteiger partial charge in [-0.25, -0.2) is 14.4 Å². The topological polar surface area (TPSA) is 54.9 Å². The highest BCUT2D eigenvalue weighted by Crippen LogP contribution is 2.24. The van der Waals surface area contributed by atoms with Crippen LogP contribution in [0.1, 0.15) is 52.1 Å². The van der Waals surface area contributed by atoms with Crippen LogP contribution in [0.4, 0.5) is 10.2 Å². The van der Waals surface area contributed by atoms with Crippen LogP contribution in [-0.2, 0) is 11.2 Å². The molecule has 1 amide bonds. The van der Waals surface area contributed by atoms with Crippen molar-refractivity contribution >= 4 is 11.7 Å². The van der Waals surface area contributed by atoms with E-state index >= 15 is 0 Å². The molecule has 0 saturated heterocycles. The zero-order valence-corrected chi connectivity index (χ0v) is 15.2. The Morgan fingerprint density at radius 1 is 1.24 bits per heavy atom. The van der Waals surface area contributed by atoms with E-state index in [2.05, 4.69) is 24.1 Å². The Morgan fingerprint density at radius 2 is 1.96 bits per heavy atom. The number of anilines is 1. The average Bonchev–Trinajstić information content (AvgIpc) is 2.60. The fourth-order valence-corrected chi connectivity index (χ4v) is 2.82. The Kier molecular flexibility index (Phi) is 7.04. The van der Waals surface area contributed by atoms with Gasteiger partial charge in [0.05, 0.1) is 17.6 Å². The van der Waals surface area contributed by atoms with E-state index in [9.17, 15) is 9.18 Å². The molecule has 0 saturated carbocycles. The van der Waals surface area contributed by atoms with E-state index in [-0.39, 0.29) is 11.7 Å². The van der Waals surface area contributed by atoms with Crippen molar-refractivity contribution in [3.63, 3.8) is 0 Å². The molecule has 0 radical (unpaired) electrons. The monoisotopic (exact) mass is 343 g/mol. The molecule has 1 N–H and O–H groups in total. The van der Waals surface area contributed by atoms with Gasteiger partial charge in [0.25, 0.3) is 0 Å². The second kappa shape index (κ2) is 9.25. The first-order valence-corrected chi connectivity index (χ1v) is 8.92. The molecule has 0 spiro atoms. The number of aromatic nitrogens is 2. The first kappa shape index (κ1) is 19.0. The van der Waals surface area contributed by atoms with Crippen LogP contribution in [0.2, 0.25) is 0 Å². The number of hydrogen-bond acceptors (Lipinski definition) is 3. The molecule has 4 nitrogen and oxygen atoms in total. The van der Waals surface area contributed by atoms with Crippen molar-refractivity contribution in [3.8, 4) is 11.3 Å². The minimum Gasteiger partial charge on any atom is -0.309 e. The predicted octanol–water partition coefficient (Wildman–Crippen LogP) is 5.00. The number of amides is 1. The Morgan fingerprint density at radius 3 is 2.56 bits per heavy atom. The zero-order valence-electron chi connectivity index (χ0n) is 15.2. The number of unbranched alkanes of at least 4 members (excludes halogenated alkanes) is 1.